The molecule has 0 atom stereocenters. The fourth-order valence-corrected chi connectivity index (χ4v) is 1.18. The zero-order valence-electron chi connectivity index (χ0n) is 16.2. The van der Waals surface area contributed by atoms with Gasteiger partial charge in [0.1, 0.15) is 6.42 Å². The standard InChI is InChI=1S/2C8H12O5.Na/c2*1-3-12-7(10)5-6(9)8(11)13-4-2;/h3-5H2,1-2H3;5,9H,3-4H2,1-2H3;/q;;+1/p-1/b;6-5-;. The van der Waals surface area contributed by atoms with Gasteiger partial charge in [-0.1, -0.05) is 0 Å². The predicted octanol–water partition coefficient (Wildman–Crippen LogP) is -3.57. The van der Waals surface area contributed by atoms with Crippen LogP contribution in [-0.2, 0) is 42.9 Å². The van der Waals surface area contributed by atoms with E-state index in [1.165, 1.54) is 0 Å². The molecule has 0 aliphatic heterocycles. The van der Waals surface area contributed by atoms with Crippen molar-refractivity contribution in [3.05, 3.63) is 11.8 Å². The normalized spacial score (nSPS) is 9.56. The third-order valence-electron chi connectivity index (χ3n) is 2.13. The molecule has 0 aromatic carbocycles. The van der Waals surface area contributed by atoms with Gasteiger partial charge in [-0.15, -0.1) is 0 Å². The Morgan fingerprint density at radius 2 is 1.19 bits per heavy atom. The Labute approximate surface area is 179 Å². The summed E-state index contributed by atoms with van der Waals surface area (Å²) in [6.07, 6.45) is 0.0220. The van der Waals surface area contributed by atoms with Gasteiger partial charge in [0.2, 0.25) is 0 Å². The van der Waals surface area contributed by atoms with Crippen LogP contribution in [0, 0.1) is 0 Å². The van der Waals surface area contributed by atoms with Crippen LogP contribution < -0.4 is 34.7 Å². The van der Waals surface area contributed by atoms with Crippen LogP contribution >= 0.6 is 0 Å². The van der Waals surface area contributed by atoms with Crippen LogP contribution in [0.3, 0.4) is 0 Å². The van der Waals surface area contributed by atoms with E-state index in [9.17, 15) is 29.1 Å². The summed E-state index contributed by atoms with van der Waals surface area (Å²) < 4.78 is 17.6. The minimum Gasteiger partial charge on any atom is -0.867 e. The van der Waals surface area contributed by atoms with Crippen molar-refractivity contribution in [1.29, 1.82) is 0 Å². The Kier molecular flexibility index (Phi) is 20.9. The fourth-order valence-electron chi connectivity index (χ4n) is 1.18. The van der Waals surface area contributed by atoms with Crippen LogP contribution in [0.25, 0.3) is 0 Å². The molecule has 0 aromatic heterocycles. The monoisotopic (exact) mass is 398 g/mol. The smallest absolute Gasteiger partial charge is 0.867 e. The first-order chi connectivity index (χ1) is 12.2. The van der Waals surface area contributed by atoms with Gasteiger partial charge in [0.05, 0.1) is 26.4 Å². The van der Waals surface area contributed by atoms with E-state index in [4.69, 9.17) is 0 Å². The Morgan fingerprint density at radius 1 is 0.741 bits per heavy atom. The summed E-state index contributed by atoms with van der Waals surface area (Å²) in [5.41, 5.74) is 0. The van der Waals surface area contributed by atoms with Gasteiger partial charge >= 0.3 is 53.4 Å². The van der Waals surface area contributed by atoms with Crippen LogP contribution in [0.4, 0.5) is 0 Å². The molecule has 0 saturated heterocycles. The Morgan fingerprint density at radius 3 is 1.63 bits per heavy atom. The maximum Gasteiger partial charge on any atom is 1.00 e. The van der Waals surface area contributed by atoms with Gasteiger partial charge in [-0.25, -0.2) is 14.4 Å². The van der Waals surface area contributed by atoms with Crippen LogP contribution in [0.1, 0.15) is 34.1 Å². The molecule has 11 heteroatoms. The van der Waals surface area contributed by atoms with E-state index in [2.05, 4.69) is 18.9 Å². The topological polar surface area (TPSA) is 145 Å². The maximum atomic E-state index is 10.8. The molecule has 0 rings (SSSR count). The van der Waals surface area contributed by atoms with E-state index in [0.29, 0.717) is 6.08 Å². The second-order valence-corrected chi connectivity index (χ2v) is 4.11. The first-order valence-electron chi connectivity index (χ1n) is 7.81. The molecule has 0 heterocycles. The number of ketones is 1. The van der Waals surface area contributed by atoms with E-state index in [0.717, 1.165) is 0 Å². The van der Waals surface area contributed by atoms with Gasteiger partial charge in [0, 0.05) is 6.08 Å². The molecule has 0 spiro atoms. The molecule has 0 aliphatic carbocycles. The number of carbonyl (C=O) groups excluding carboxylic acids is 5. The van der Waals surface area contributed by atoms with Gasteiger partial charge < -0.3 is 24.1 Å². The third-order valence-corrected chi connectivity index (χ3v) is 2.13. The summed E-state index contributed by atoms with van der Waals surface area (Å²) in [4.78, 5) is 53.6. The van der Waals surface area contributed by atoms with Gasteiger partial charge in [-0.05, 0) is 33.5 Å². The van der Waals surface area contributed by atoms with Crippen molar-refractivity contribution in [2.45, 2.75) is 34.1 Å². The molecule has 0 amide bonds. The van der Waals surface area contributed by atoms with Crippen LogP contribution in [-0.4, -0.2) is 56.1 Å². The minimum atomic E-state index is -1.05. The summed E-state index contributed by atoms with van der Waals surface area (Å²) in [6, 6.07) is 0. The molecule has 0 aliphatic rings. The molecule has 10 nitrogen and oxygen atoms in total. The Balaban J connectivity index is -0.000000411. The first kappa shape index (κ1) is 29.8. The Hall–Kier alpha value is -1.91. The summed E-state index contributed by atoms with van der Waals surface area (Å²) in [6.45, 7) is 6.92. The van der Waals surface area contributed by atoms with E-state index < -0.39 is 41.8 Å². The molecule has 148 valence electrons. The van der Waals surface area contributed by atoms with Crippen molar-refractivity contribution in [2.24, 2.45) is 0 Å². The molecule has 0 N–H and O–H groups in total. The zero-order chi connectivity index (χ0) is 20.5. The average Bonchev–Trinajstić information content (AvgIpc) is 2.56. The van der Waals surface area contributed by atoms with E-state index in [1.807, 2.05) is 0 Å². The van der Waals surface area contributed by atoms with Crippen molar-refractivity contribution in [3.63, 3.8) is 0 Å². The molecular weight excluding hydrogens is 375 g/mol. The van der Waals surface area contributed by atoms with Gasteiger partial charge in [-0.2, -0.15) is 0 Å². The summed E-state index contributed by atoms with van der Waals surface area (Å²) in [5, 5.41) is 10.8. The quantitative estimate of drug-likeness (QED) is 0.0727. The van der Waals surface area contributed by atoms with Gasteiger partial charge in [0.25, 0.3) is 5.78 Å². The Bertz CT molecular complexity index is 527. The predicted molar refractivity (Wildman–Crippen MR) is 84.2 cm³/mol. The number of carbonyl (C=O) groups is 5. The number of esters is 4. The number of hydrogen-bond acceptors (Lipinski definition) is 10. The SMILES string of the molecule is CCOC(=O)/C=C(\[O-])C(=O)OCC.CCOC(=O)CC(=O)C(=O)OCC.[Na+]. The van der Waals surface area contributed by atoms with Gasteiger partial charge in [-0.3, -0.25) is 9.59 Å². The number of hydrogen-bond donors (Lipinski definition) is 0. The van der Waals surface area contributed by atoms with E-state index in [-0.39, 0.29) is 56.0 Å². The summed E-state index contributed by atoms with van der Waals surface area (Å²) >= 11 is 0. The first-order valence-corrected chi connectivity index (χ1v) is 7.81. The third kappa shape index (κ3) is 17.3. The van der Waals surface area contributed by atoms with Crippen LogP contribution in [0.2, 0.25) is 0 Å². The van der Waals surface area contributed by atoms with Crippen LogP contribution in [0.15, 0.2) is 11.8 Å². The molecule has 27 heavy (non-hydrogen) atoms. The minimum absolute atomic E-state index is 0. The molecule has 0 aromatic rings. The second-order valence-electron chi connectivity index (χ2n) is 4.11. The molecular formula is C16H23NaO10. The second kappa shape index (κ2) is 18.9. The van der Waals surface area contributed by atoms with Crippen molar-refractivity contribution < 1.29 is 77.6 Å². The average molecular weight is 398 g/mol. The fraction of sp³-hybridized carbons (Fsp3) is 0.562. The van der Waals surface area contributed by atoms with Gasteiger partial charge in [0.15, 0.2) is 0 Å². The molecule has 0 saturated carbocycles. The maximum absolute atomic E-state index is 10.8. The van der Waals surface area contributed by atoms with Crippen molar-refractivity contribution in [2.75, 3.05) is 26.4 Å². The van der Waals surface area contributed by atoms with Crippen molar-refractivity contribution in [3.8, 4) is 0 Å². The van der Waals surface area contributed by atoms with Crippen LogP contribution in [0.5, 0.6) is 0 Å². The number of ether oxygens (including phenoxy) is 4. The summed E-state index contributed by atoms with van der Waals surface area (Å²) in [7, 11) is 0. The zero-order valence-corrected chi connectivity index (χ0v) is 18.2. The molecule has 0 fully saturated rings. The number of Topliss-reactive ketones (excluding diaryl/α,β-unsaturated/α-hetero) is 1. The molecule has 0 radical (unpaired) electrons. The summed E-state index contributed by atoms with van der Waals surface area (Å²) in [5.74, 6) is -5.45. The molecule has 0 bridgehead atoms. The number of rotatable bonds is 9. The van der Waals surface area contributed by atoms with E-state index in [1.54, 1.807) is 27.7 Å². The van der Waals surface area contributed by atoms with E-state index >= 15 is 0 Å². The van der Waals surface area contributed by atoms with Crippen molar-refractivity contribution >= 4 is 29.7 Å². The largest absolute Gasteiger partial charge is 1.00 e. The molecule has 0 unspecified atom stereocenters. The van der Waals surface area contributed by atoms with Crippen molar-refractivity contribution in [1.82, 2.24) is 0 Å².